The number of carbonyl (C=O) groups is 2. The lowest BCUT2D eigenvalue weighted by Crippen LogP contribution is -2.46. The lowest BCUT2D eigenvalue weighted by Gasteiger charge is -2.26. The normalized spacial score (nSPS) is 12.8. The summed E-state index contributed by atoms with van der Waals surface area (Å²) in [7, 11) is 0. The SMILES string of the molecule is CCOC(Cc1ccc(OCCN(CCOCC(C)(F)F)C(=O)NCC(C)(C)C)cc1)C(=O)O. The number of rotatable bonds is 15. The van der Waals surface area contributed by atoms with Gasteiger partial charge >= 0.3 is 12.0 Å². The topological polar surface area (TPSA) is 97.3 Å². The first-order valence-electron chi connectivity index (χ1n) is 11.4. The number of alkyl halides is 2. The minimum Gasteiger partial charge on any atom is -0.492 e. The van der Waals surface area contributed by atoms with Crippen LogP contribution in [-0.4, -0.2) is 80.1 Å². The van der Waals surface area contributed by atoms with Crippen LogP contribution < -0.4 is 10.1 Å². The molecule has 1 aromatic carbocycles. The Morgan fingerprint density at radius 1 is 1.09 bits per heavy atom. The maximum atomic E-state index is 12.9. The molecule has 0 aliphatic carbocycles. The Bertz CT molecular complexity index is 747. The fourth-order valence-electron chi connectivity index (χ4n) is 2.82. The molecule has 0 saturated carbocycles. The first kappa shape index (κ1) is 29.6. The third-order valence-corrected chi connectivity index (χ3v) is 4.54. The first-order chi connectivity index (χ1) is 15.8. The Kier molecular flexibility index (Phi) is 12.2. The second-order valence-corrected chi connectivity index (χ2v) is 9.31. The highest BCUT2D eigenvalue weighted by Crippen LogP contribution is 2.15. The number of nitrogens with zero attached hydrogens (tertiary/aromatic N) is 1. The molecule has 2 N–H and O–H groups in total. The van der Waals surface area contributed by atoms with Crippen LogP contribution in [0.1, 0.15) is 40.2 Å². The van der Waals surface area contributed by atoms with Crippen LogP contribution in [0.3, 0.4) is 0 Å². The van der Waals surface area contributed by atoms with Gasteiger partial charge in [-0.25, -0.2) is 18.4 Å². The molecule has 0 heterocycles. The number of carbonyl (C=O) groups excluding carboxylic acids is 1. The van der Waals surface area contributed by atoms with E-state index in [2.05, 4.69) is 5.32 Å². The quantitative estimate of drug-likeness (QED) is 0.364. The van der Waals surface area contributed by atoms with Gasteiger partial charge < -0.3 is 29.5 Å². The van der Waals surface area contributed by atoms with E-state index in [1.54, 1.807) is 31.2 Å². The van der Waals surface area contributed by atoms with Crippen molar-refractivity contribution in [3.05, 3.63) is 29.8 Å². The second kappa shape index (κ2) is 14.1. The van der Waals surface area contributed by atoms with Gasteiger partial charge in [0.05, 0.1) is 13.2 Å². The summed E-state index contributed by atoms with van der Waals surface area (Å²) in [6.45, 7) is 9.08. The van der Waals surface area contributed by atoms with E-state index < -0.39 is 24.6 Å². The van der Waals surface area contributed by atoms with Gasteiger partial charge in [0.1, 0.15) is 19.0 Å². The minimum absolute atomic E-state index is 0.0222. The molecule has 0 aliphatic rings. The molecule has 1 unspecified atom stereocenters. The van der Waals surface area contributed by atoms with Crippen molar-refractivity contribution < 1.29 is 37.7 Å². The van der Waals surface area contributed by atoms with E-state index in [1.807, 2.05) is 20.8 Å². The third-order valence-electron chi connectivity index (χ3n) is 4.54. The van der Waals surface area contributed by atoms with Crippen LogP contribution in [0.2, 0.25) is 0 Å². The summed E-state index contributed by atoms with van der Waals surface area (Å²) in [4.78, 5) is 25.3. The molecule has 34 heavy (non-hydrogen) atoms. The number of nitrogens with one attached hydrogen (secondary N) is 1. The molecule has 1 atom stereocenters. The number of urea groups is 1. The van der Waals surface area contributed by atoms with Gasteiger partial charge in [-0.1, -0.05) is 32.9 Å². The summed E-state index contributed by atoms with van der Waals surface area (Å²) in [5, 5.41) is 12.0. The highest BCUT2D eigenvalue weighted by atomic mass is 19.3. The van der Waals surface area contributed by atoms with E-state index >= 15 is 0 Å². The van der Waals surface area contributed by atoms with Crippen molar-refractivity contribution in [3.63, 3.8) is 0 Å². The Labute approximate surface area is 200 Å². The molecular formula is C24H38F2N2O6. The molecule has 194 valence electrons. The van der Waals surface area contributed by atoms with Crippen molar-refractivity contribution in [3.8, 4) is 5.75 Å². The van der Waals surface area contributed by atoms with Crippen LogP contribution in [0, 0.1) is 5.41 Å². The predicted octanol–water partition coefficient (Wildman–Crippen LogP) is 3.83. The molecule has 0 bridgehead atoms. The summed E-state index contributed by atoms with van der Waals surface area (Å²) in [5.74, 6) is -3.38. The van der Waals surface area contributed by atoms with Gasteiger partial charge in [-0.3, -0.25) is 0 Å². The molecule has 0 spiro atoms. The lowest BCUT2D eigenvalue weighted by molar-refractivity contribution is -0.149. The number of benzene rings is 1. The van der Waals surface area contributed by atoms with Gasteiger partial charge in [0.15, 0.2) is 6.10 Å². The van der Waals surface area contributed by atoms with Gasteiger partial charge in [-0.05, 0) is 30.0 Å². The maximum absolute atomic E-state index is 12.9. The van der Waals surface area contributed by atoms with E-state index in [4.69, 9.17) is 14.2 Å². The van der Waals surface area contributed by atoms with Crippen LogP contribution in [0.4, 0.5) is 13.6 Å². The van der Waals surface area contributed by atoms with Crippen LogP contribution in [-0.2, 0) is 20.7 Å². The third kappa shape index (κ3) is 13.3. The predicted molar refractivity (Wildman–Crippen MR) is 125 cm³/mol. The zero-order valence-corrected chi connectivity index (χ0v) is 20.7. The average molecular weight is 489 g/mol. The summed E-state index contributed by atoms with van der Waals surface area (Å²) in [6, 6.07) is 6.64. The standard InChI is InChI=1S/C24H38F2N2O6/c1-6-33-20(21(29)30)15-18-7-9-19(10-8-18)34-14-12-28(11-13-32-17-24(5,25)26)22(31)27-16-23(2,3)4/h7-10,20H,6,11-17H2,1-5H3,(H,27,31)(H,29,30). The molecule has 0 aromatic heterocycles. The Hall–Kier alpha value is -2.46. The van der Waals surface area contributed by atoms with Gasteiger partial charge in [0, 0.05) is 33.0 Å². The van der Waals surface area contributed by atoms with Gasteiger partial charge in [-0.2, -0.15) is 0 Å². The molecule has 2 amide bonds. The fraction of sp³-hybridized carbons (Fsp3) is 0.667. The smallest absolute Gasteiger partial charge is 0.333 e. The summed E-state index contributed by atoms with van der Waals surface area (Å²) in [6.07, 6.45) is -0.672. The van der Waals surface area contributed by atoms with E-state index in [0.717, 1.165) is 12.5 Å². The molecular weight excluding hydrogens is 450 g/mol. The van der Waals surface area contributed by atoms with Crippen LogP contribution in [0.25, 0.3) is 0 Å². The molecule has 10 heteroatoms. The number of aliphatic carboxylic acids is 1. The van der Waals surface area contributed by atoms with Gasteiger partial charge in [-0.15, -0.1) is 0 Å². The van der Waals surface area contributed by atoms with E-state index in [-0.39, 0.29) is 44.2 Å². The molecule has 0 radical (unpaired) electrons. The van der Waals surface area contributed by atoms with E-state index in [1.165, 1.54) is 4.90 Å². The number of hydrogen-bond donors (Lipinski definition) is 2. The number of carboxylic acids is 1. The first-order valence-corrected chi connectivity index (χ1v) is 11.4. The van der Waals surface area contributed by atoms with Crippen molar-refractivity contribution in [1.29, 1.82) is 0 Å². The second-order valence-electron chi connectivity index (χ2n) is 9.31. The van der Waals surface area contributed by atoms with Crippen molar-refractivity contribution in [1.82, 2.24) is 10.2 Å². The molecule has 8 nitrogen and oxygen atoms in total. The monoisotopic (exact) mass is 488 g/mol. The van der Waals surface area contributed by atoms with Crippen LogP contribution in [0.15, 0.2) is 24.3 Å². The lowest BCUT2D eigenvalue weighted by atomic mass is 9.97. The largest absolute Gasteiger partial charge is 0.492 e. The number of amides is 2. The molecule has 1 rings (SSSR count). The van der Waals surface area contributed by atoms with Gasteiger partial charge in [0.25, 0.3) is 5.92 Å². The Morgan fingerprint density at radius 3 is 2.24 bits per heavy atom. The number of carboxylic acid groups (broad SMARTS) is 1. The van der Waals surface area contributed by atoms with Crippen LogP contribution >= 0.6 is 0 Å². The van der Waals surface area contributed by atoms with Crippen molar-refractivity contribution in [2.24, 2.45) is 5.41 Å². The summed E-state index contributed by atoms with van der Waals surface area (Å²) >= 11 is 0. The Balaban J connectivity index is 2.61. The van der Waals surface area contributed by atoms with E-state index in [0.29, 0.717) is 18.9 Å². The molecule has 0 saturated heterocycles. The van der Waals surface area contributed by atoms with Gasteiger partial charge in [0.2, 0.25) is 0 Å². The van der Waals surface area contributed by atoms with Crippen molar-refractivity contribution in [2.45, 2.75) is 53.1 Å². The number of halogens is 2. The number of ether oxygens (including phenoxy) is 3. The zero-order chi connectivity index (χ0) is 25.8. The van der Waals surface area contributed by atoms with Crippen molar-refractivity contribution in [2.75, 3.05) is 46.1 Å². The zero-order valence-electron chi connectivity index (χ0n) is 20.7. The molecule has 1 aromatic rings. The fourth-order valence-corrected chi connectivity index (χ4v) is 2.82. The highest BCUT2D eigenvalue weighted by molar-refractivity contribution is 5.74. The summed E-state index contributed by atoms with van der Waals surface area (Å²) in [5.41, 5.74) is 0.684. The Morgan fingerprint density at radius 2 is 1.71 bits per heavy atom. The minimum atomic E-state index is -2.93. The molecule has 0 fully saturated rings. The average Bonchev–Trinajstić information content (AvgIpc) is 2.73. The number of hydrogen-bond acceptors (Lipinski definition) is 5. The van der Waals surface area contributed by atoms with Crippen molar-refractivity contribution >= 4 is 12.0 Å². The highest BCUT2D eigenvalue weighted by Gasteiger charge is 2.22. The molecule has 0 aliphatic heterocycles. The van der Waals surface area contributed by atoms with E-state index in [9.17, 15) is 23.5 Å². The maximum Gasteiger partial charge on any atom is 0.333 e. The summed E-state index contributed by atoms with van der Waals surface area (Å²) < 4.78 is 41.8. The van der Waals surface area contributed by atoms with Crippen LogP contribution in [0.5, 0.6) is 5.75 Å².